The van der Waals surface area contributed by atoms with E-state index in [1.54, 1.807) is 37.3 Å². The lowest BCUT2D eigenvalue weighted by atomic mass is 10.0. The van der Waals surface area contributed by atoms with Crippen molar-refractivity contribution in [2.45, 2.75) is 32.7 Å². The molecular weight excluding hydrogens is 488 g/mol. The van der Waals surface area contributed by atoms with E-state index in [9.17, 15) is 22.8 Å². The summed E-state index contributed by atoms with van der Waals surface area (Å²) in [6.07, 6.45) is 1.69. The molecule has 11 heteroatoms. The van der Waals surface area contributed by atoms with Crippen LogP contribution in [0.25, 0.3) is 0 Å². The number of benzene rings is 2. The highest BCUT2D eigenvalue weighted by atomic mass is 32.2. The lowest BCUT2D eigenvalue weighted by molar-refractivity contribution is -0.117. The number of hydrogen-bond donors (Lipinski definition) is 2. The standard InChI is InChI=1S/C22H24N2O7S.C3H8O/c1-4-31-18-10-13(8-9-17(18)30-2)16(12-32(3,28)29)24-21(26)15-7-5-6-14(11-19(23)25)20(15)22(24)27;1-2-3-4/h5-10,16H,4,11-12H2,1-3H3,(H2,23,25);4H,2-3H2,1H3/t16-;/m1./s1. The number of imide groups is 1. The molecule has 0 aliphatic carbocycles. The van der Waals surface area contributed by atoms with E-state index in [0.29, 0.717) is 35.8 Å². The molecular formula is C25H32N2O8S. The number of hydrogen-bond acceptors (Lipinski definition) is 8. The second-order valence-electron chi connectivity index (χ2n) is 8.14. The van der Waals surface area contributed by atoms with Crippen molar-refractivity contribution in [3.8, 4) is 11.5 Å². The lowest BCUT2D eigenvalue weighted by Crippen LogP contribution is -2.38. The fourth-order valence-electron chi connectivity index (χ4n) is 3.77. The molecule has 10 nitrogen and oxygen atoms in total. The Morgan fingerprint density at radius 2 is 1.78 bits per heavy atom. The van der Waals surface area contributed by atoms with Gasteiger partial charge < -0.3 is 20.3 Å². The maximum atomic E-state index is 13.3. The van der Waals surface area contributed by atoms with Crippen LogP contribution in [-0.4, -0.2) is 68.5 Å². The molecule has 0 spiro atoms. The number of nitrogens with zero attached hydrogens (tertiary/aromatic N) is 1. The molecule has 196 valence electrons. The summed E-state index contributed by atoms with van der Waals surface area (Å²) in [6, 6.07) is 8.20. The van der Waals surface area contributed by atoms with Gasteiger partial charge in [0.05, 0.1) is 43.1 Å². The molecule has 1 aliphatic heterocycles. The predicted octanol–water partition coefficient (Wildman–Crippen LogP) is 1.89. The van der Waals surface area contributed by atoms with Crippen LogP contribution in [0.4, 0.5) is 0 Å². The number of aliphatic hydroxyl groups is 1. The second kappa shape index (κ2) is 12.5. The van der Waals surface area contributed by atoms with Gasteiger partial charge in [-0.25, -0.2) is 8.42 Å². The molecule has 0 saturated carbocycles. The van der Waals surface area contributed by atoms with Crippen molar-refractivity contribution in [1.29, 1.82) is 0 Å². The number of ether oxygens (including phenoxy) is 2. The molecule has 3 N–H and O–H groups in total. The van der Waals surface area contributed by atoms with Crippen LogP contribution in [-0.2, 0) is 21.1 Å². The van der Waals surface area contributed by atoms with Crippen molar-refractivity contribution in [2.24, 2.45) is 5.73 Å². The van der Waals surface area contributed by atoms with Crippen LogP contribution in [0.1, 0.15) is 58.2 Å². The van der Waals surface area contributed by atoms with Gasteiger partial charge in [-0.1, -0.05) is 25.1 Å². The van der Waals surface area contributed by atoms with Crippen LogP contribution in [0.3, 0.4) is 0 Å². The van der Waals surface area contributed by atoms with E-state index >= 15 is 0 Å². The zero-order chi connectivity index (χ0) is 27.0. The van der Waals surface area contributed by atoms with E-state index in [4.69, 9.17) is 20.3 Å². The first-order valence-electron chi connectivity index (χ1n) is 11.4. The molecule has 2 aromatic carbocycles. The Labute approximate surface area is 210 Å². The van der Waals surface area contributed by atoms with Crippen LogP contribution in [0.5, 0.6) is 11.5 Å². The monoisotopic (exact) mass is 520 g/mol. The smallest absolute Gasteiger partial charge is 0.262 e. The molecule has 0 bridgehead atoms. The van der Waals surface area contributed by atoms with Crippen LogP contribution < -0.4 is 15.2 Å². The maximum Gasteiger partial charge on any atom is 0.262 e. The van der Waals surface area contributed by atoms with Gasteiger partial charge in [-0.05, 0) is 42.7 Å². The Balaban J connectivity index is 0.00000106. The summed E-state index contributed by atoms with van der Waals surface area (Å²) in [4.78, 5) is 38.9. The van der Waals surface area contributed by atoms with E-state index in [2.05, 4.69) is 0 Å². The number of fused-ring (bicyclic) bond motifs is 1. The Kier molecular flexibility index (Phi) is 10.00. The molecule has 3 rings (SSSR count). The number of carbonyl (C=O) groups is 3. The number of aliphatic hydroxyl groups excluding tert-OH is 1. The van der Waals surface area contributed by atoms with Gasteiger partial charge in [-0.3, -0.25) is 19.3 Å². The highest BCUT2D eigenvalue weighted by molar-refractivity contribution is 7.90. The predicted molar refractivity (Wildman–Crippen MR) is 134 cm³/mol. The van der Waals surface area contributed by atoms with Gasteiger partial charge in [-0.2, -0.15) is 0 Å². The molecule has 1 heterocycles. The normalized spacial score (nSPS) is 13.5. The van der Waals surface area contributed by atoms with E-state index in [0.717, 1.165) is 17.6 Å². The first-order chi connectivity index (χ1) is 17.0. The van der Waals surface area contributed by atoms with Gasteiger partial charge in [0.25, 0.3) is 11.8 Å². The number of nitrogens with two attached hydrogens (primary N) is 1. The first-order valence-corrected chi connectivity index (χ1v) is 13.4. The topological polar surface area (TPSA) is 153 Å². The Morgan fingerprint density at radius 3 is 2.31 bits per heavy atom. The van der Waals surface area contributed by atoms with Gasteiger partial charge in [-0.15, -0.1) is 0 Å². The van der Waals surface area contributed by atoms with E-state index < -0.39 is 39.4 Å². The Hall–Kier alpha value is -3.44. The summed E-state index contributed by atoms with van der Waals surface area (Å²) in [5, 5.41) is 7.88. The summed E-state index contributed by atoms with van der Waals surface area (Å²) in [6.45, 7) is 4.37. The van der Waals surface area contributed by atoms with E-state index in [-0.39, 0.29) is 17.5 Å². The zero-order valence-corrected chi connectivity index (χ0v) is 21.6. The van der Waals surface area contributed by atoms with E-state index in [1.165, 1.54) is 13.2 Å². The van der Waals surface area contributed by atoms with Gasteiger partial charge in [0.2, 0.25) is 5.91 Å². The van der Waals surface area contributed by atoms with Crippen molar-refractivity contribution in [1.82, 2.24) is 4.90 Å². The summed E-state index contributed by atoms with van der Waals surface area (Å²) >= 11 is 0. The molecule has 0 saturated heterocycles. The SMILES string of the molecule is CCCO.CCOc1cc([C@@H](CS(C)(=O)=O)N2C(=O)c3cccc(CC(N)=O)c3C2=O)ccc1OC. The van der Waals surface area contributed by atoms with Crippen LogP contribution in [0.2, 0.25) is 0 Å². The molecule has 0 fully saturated rings. The minimum Gasteiger partial charge on any atom is -0.493 e. The van der Waals surface area contributed by atoms with Crippen molar-refractivity contribution < 1.29 is 37.4 Å². The maximum absolute atomic E-state index is 13.3. The summed E-state index contributed by atoms with van der Waals surface area (Å²) in [5.74, 6) is -1.66. The third-order valence-corrected chi connectivity index (χ3v) is 6.19. The highest BCUT2D eigenvalue weighted by Gasteiger charge is 2.43. The first kappa shape index (κ1) is 28.8. The van der Waals surface area contributed by atoms with Crippen molar-refractivity contribution >= 4 is 27.6 Å². The molecule has 1 aliphatic rings. The number of primary amides is 1. The van der Waals surface area contributed by atoms with Gasteiger partial charge in [0, 0.05) is 12.9 Å². The van der Waals surface area contributed by atoms with Gasteiger partial charge in [0.1, 0.15) is 9.84 Å². The quantitative estimate of drug-likeness (QED) is 0.450. The molecule has 36 heavy (non-hydrogen) atoms. The molecule has 3 amide bonds. The summed E-state index contributed by atoms with van der Waals surface area (Å²) in [7, 11) is -2.14. The average molecular weight is 521 g/mol. The second-order valence-corrected chi connectivity index (χ2v) is 10.3. The van der Waals surface area contributed by atoms with Gasteiger partial charge >= 0.3 is 0 Å². The minimum atomic E-state index is -3.61. The number of methoxy groups -OCH3 is 1. The molecule has 2 aromatic rings. The molecule has 1 atom stereocenters. The van der Waals surface area contributed by atoms with Crippen molar-refractivity contribution in [3.63, 3.8) is 0 Å². The Morgan fingerprint density at radius 1 is 1.11 bits per heavy atom. The minimum absolute atomic E-state index is 0.0633. The van der Waals surface area contributed by atoms with Crippen LogP contribution in [0, 0.1) is 0 Å². The number of amides is 3. The highest BCUT2D eigenvalue weighted by Crippen LogP contribution is 2.37. The lowest BCUT2D eigenvalue weighted by Gasteiger charge is -2.27. The third-order valence-electron chi connectivity index (χ3n) is 5.27. The number of sulfone groups is 1. The van der Waals surface area contributed by atoms with E-state index in [1.807, 2.05) is 6.92 Å². The fraction of sp³-hybridized carbons (Fsp3) is 0.400. The summed E-state index contributed by atoms with van der Waals surface area (Å²) < 4.78 is 35.3. The Bertz CT molecular complexity index is 1220. The zero-order valence-electron chi connectivity index (χ0n) is 20.8. The molecule has 0 unspecified atom stereocenters. The van der Waals surface area contributed by atoms with Gasteiger partial charge in [0.15, 0.2) is 11.5 Å². The fourth-order valence-corrected chi connectivity index (χ4v) is 4.68. The number of rotatable bonds is 10. The third kappa shape index (κ3) is 6.82. The van der Waals surface area contributed by atoms with Crippen LogP contribution >= 0.6 is 0 Å². The molecule has 0 radical (unpaired) electrons. The molecule has 0 aromatic heterocycles. The van der Waals surface area contributed by atoms with Crippen molar-refractivity contribution in [3.05, 3.63) is 58.7 Å². The van der Waals surface area contributed by atoms with Crippen LogP contribution in [0.15, 0.2) is 36.4 Å². The number of carbonyl (C=O) groups excluding carboxylic acids is 3. The average Bonchev–Trinajstić information content (AvgIpc) is 3.07. The largest absolute Gasteiger partial charge is 0.493 e. The van der Waals surface area contributed by atoms with Crippen molar-refractivity contribution in [2.75, 3.05) is 32.3 Å². The summed E-state index contributed by atoms with van der Waals surface area (Å²) in [5.41, 5.74) is 6.16.